The molecule has 4 nitrogen and oxygen atoms in total. The van der Waals surface area contributed by atoms with E-state index in [1.165, 1.54) is 0 Å². The van der Waals surface area contributed by atoms with Crippen LogP contribution in [0.1, 0.15) is 41.5 Å². The lowest BCUT2D eigenvalue weighted by molar-refractivity contribution is -0.136. The largest absolute Gasteiger partial charge is 0.340 e. The molecule has 0 radical (unpaired) electrons. The van der Waals surface area contributed by atoms with Crippen LogP contribution in [0.3, 0.4) is 0 Å². The average Bonchev–Trinajstić information content (AvgIpc) is 2.26. The van der Waals surface area contributed by atoms with Gasteiger partial charge in [-0.1, -0.05) is 27.7 Å². The number of rotatable bonds is 8. The molecule has 0 aromatic heterocycles. The van der Waals surface area contributed by atoms with Crippen LogP contribution in [0.5, 0.6) is 0 Å². The third kappa shape index (κ3) is 6.36. The Balaban J connectivity index is 4.55. The summed E-state index contributed by atoms with van der Waals surface area (Å²) >= 11 is 0. The van der Waals surface area contributed by atoms with E-state index in [4.69, 9.17) is 5.73 Å². The number of likely N-dealkylation sites (N-methyl/N-ethyl adjacent to an activating group) is 1. The summed E-state index contributed by atoms with van der Waals surface area (Å²) in [5.74, 6) is 0.511. The molecule has 108 valence electrons. The minimum absolute atomic E-state index is 0.0448. The number of hydrogen-bond donors (Lipinski definition) is 1. The molecule has 0 aromatic carbocycles. The molecule has 0 heterocycles. The molecule has 0 fully saturated rings. The Morgan fingerprint density at radius 1 is 1.17 bits per heavy atom. The Morgan fingerprint density at radius 2 is 1.67 bits per heavy atom. The summed E-state index contributed by atoms with van der Waals surface area (Å²) < 4.78 is 0. The van der Waals surface area contributed by atoms with Gasteiger partial charge in [0.25, 0.3) is 0 Å². The molecular weight excluding hydrogens is 226 g/mol. The molecule has 0 aliphatic rings. The van der Waals surface area contributed by atoms with Gasteiger partial charge in [-0.05, 0) is 32.9 Å². The average molecular weight is 257 g/mol. The molecule has 0 saturated carbocycles. The second kappa shape index (κ2) is 7.74. The molecule has 0 saturated heterocycles. The van der Waals surface area contributed by atoms with Crippen LogP contribution < -0.4 is 5.73 Å². The second-order valence-corrected chi connectivity index (χ2v) is 5.89. The van der Waals surface area contributed by atoms with Crippen molar-refractivity contribution in [1.29, 1.82) is 0 Å². The fraction of sp³-hybridized carbons (Fsp3) is 0.929. The first-order chi connectivity index (χ1) is 8.22. The van der Waals surface area contributed by atoms with Crippen molar-refractivity contribution in [2.24, 2.45) is 11.7 Å². The van der Waals surface area contributed by atoms with E-state index in [0.717, 1.165) is 32.7 Å². The summed E-state index contributed by atoms with van der Waals surface area (Å²) in [4.78, 5) is 16.5. The Bertz CT molecular complexity index is 242. The van der Waals surface area contributed by atoms with E-state index in [9.17, 15) is 4.79 Å². The molecule has 0 unspecified atom stereocenters. The molecule has 0 rings (SSSR count). The molecule has 0 aliphatic carbocycles. The van der Waals surface area contributed by atoms with Gasteiger partial charge in [-0.25, -0.2) is 0 Å². The van der Waals surface area contributed by atoms with Gasteiger partial charge in [-0.15, -0.1) is 0 Å². The van der Waals surface area contributed by atoms with Crippen molar-refractivity contribution < 1.29 is 4.79 Å². The lowest BCUT2D eigenvalue weighted by Gasteiger charge is -2.32. The van der Waals surface area contributed by atoms with E-state index in [2.05, 4.69) is 32.6 Å². The van der Waals surface area contributed by atoms with E-state index >= 15 is 0 Å². The van der Waals surface area contributed by atoms with Gasteiger partial charge in [0, 0.05) is 19.6 Å². The number of nitrogens with zero attached hydrogens (tertiary/aromatic N) is 2. The highest BCUT2D eigenvalue weighted by Crippen LogP contribution is 2.08. The molecule has 18 heavy (non-hydrogen) atoms. The number of carbonyl (C=O) groups excluding carboxylic acids is 1. The fourth-order valence-corrected chi connectivity index (χ4v) is 1.93. The topological polar surface area (TPSA) is 49.6 Å². The van der Waals surface area contributed by atoms with Crippen LogP contribution in [0.15, 0.2) is 0 Å². The van der Waals surface area contributed by atoms with Gasteiger partial charge >= 0.3 is 0 Å². The first-order valence-corrected chi connectivity index (χ1v) is 7.02. The highest BCUT2D eigenvalue weighted by atomic mass is 16.2. The van der Waals surface area contributed by atoms with Crippen LogP contribution in [0.2, 0.25) is 0 Å². The molecule has 2 N–H and O–H groups in total. The summed E-state index contributed by atoms with van der Waals surface area (Å²) in [5.41, 5.74) is 5.14. The third-order valence-corrected chi connectivity index (χ3v) is 3.00. The van der Waals surface area contributed by atoms with Crippen LogP contribution in [-0.2, 0) is 4.79 Å². The highest BCUT2D eigenvalue weighted by molar-refractivity contribution is 5.85. The Labute approximate surface area is 113 Å². The smallest absolute Gasteiger partial charge is 0.242 e. The van der Waals surface area contributed by atoms with E-state index in [0.29, 0.717) is 5.92 Å². The van der Waals surface area contributed by atoms with Crippen molar-refractivity contribution >= 4 is 5.91 Å². The standard InChI is InChI=1S/C14H31N3O/c1-7-16(8-2)9-10-17(11-12(3)4)13(18)14(5,6)15/h12H,7-11,15H2,1-6H3. The van der Waals surface area contributed by atoms with Crippen molar-refractivity contribution in [2.75, 3.05) is 32.7 Å². The van der Waals surface area contributed by atoms with E-state index in [1.54, 1.807) is 13.8 Å². The lowest BCUT2D eigenvalue weighted by Crippen LogP contribution is -2.53. The molecule has 0 aromatic rings. The van der Waals surface area contributed by atoms with Crippen LogP contribution >= 0.6 is 0 Å². The number of amides is 1. The summed E-state index contributed by atoms with van der Waals surface area (Å²) in [6.45, 7) is 16.6. The number of hydrogen-bond acceptors (Lipinski definition) is 3. The van der Waals surface area contributed by atoms with Crippen LogP contribution in [0, 0.1) is 5.92 Å². The van der Waals surface area contributed by atoms with E-state index in [1.807, 2.05) is 4.90 Å². The third-order valence-electron chi connectivity index (χ3n) is 3.00. The minimum Gasteiger partial charge on any atom is -0.340 e. The van der Waals surface area contributed by atoms with E-state index < -0.39 is 5.54 Å². The second-order valence-electron chi connectivity index (χ2n) is 5.89. The predicted octanol–water partition coefficient (Wildman–Crippen LogP) is 1.55. The maximum absolute atomic E-state index is 12.3. The summed E-state index contributed by atoms with van der Waals surface area (Å²) in [5, 5.41) is 0. The van der Waals surface area contributed by atoms with Gasteiger partial charge in [-0.2, -0.15) is 0 Å². The number of carbonyl (C=O) groups is 1. The number of nitrogens with two attached hydrogens (primary N) is 1. The van der Waals surface area contributed by atoms with Crippen molar-refractivity contribution in [2.45, 2.75) is 47.1 Å². The molecule has 0 atom stereocenters. The van der Waals surface area contributed by atoms with Crippen molar-refractivity contribution in [3.8, 4) is 0 Å². The maximum atomic E-state index is 12.3. The van der Waals surface area contributed by atoms with E-state index in [-0.39, 0.29) is 5.91 Å². The zero-order valence-corrected chi connectivity index (χ0v) is 13.0. The highest BCUT2D eigenvalue weighted by Gasteiger charge is 2.28. The van der Waals surface area contributed by atoms with Gasteiger partial charge < -0.3 is 15.5 Å². The van der Waals surface area contributed by atoms with Gasteiger partial charge in [0.2, 0.25) is 5.91 Å². The van der Waals surface area contributed by atoms with Crippen LogP contribution in [0.25, 0.3) is 0 Å². The Kier molecular flexibility index (Phi) is 7.48. The van der Waals surface area contributed by atoms with Crippen LogP contribution in [0.4, 0.5) is 0 Å². The fourth-order valence-electron chi connectivity index (χ4n) is 1.93. The normalized spacial score (nSPS) is 12.3. The van der Waals surface area contributed by atoms with Gasteiger partial charge in [0.1, 0.15) is 0 Å². The SMILES string of the molecule is CCN(CC)CCN(CC(C)C)C(=O)C(C)(C)N. The predicted molar refractivity (Wildman–Crippen MR) is 77.5 cm³/mol. The molecular formula is C14H31N3O. The Morgan fingerprint density at radius 3 is 2.00 bits per heavy atom. The molecule has 1 amide bonds. The molecule has 0 spiro atoms. The molecule has 0 aliphatic heterocycles. The minimum atomic E-state index is -0.780. The summed E-state index contributed by atoms with van der Waals surface area (Å²) in [6.07, 6.45) is 0. The monoisotopic (exact) mass is 257 g/mol. The first kappa shape index (κ1) is 17.4. The lowest BCUT2D eigenvalue weighted by atomic mass is 10.0. The summed E-state index contributed by atoms with van der Waals surface area (Å²) in [7, 11) is 0. The van der Waals surface area contributed by atoms with Crippen molar-refractivity contribution in [3.05, 3.63) is 0 Å². The van der Waals surface area contributed by atoms with Gasteiger partial charge in [0.05, 0.1) is 5.54 Å². The summed E-state index contributed by atoms with van der Waals surface area (Å²) in [6, 6.07) is 0. The zero-order valence-electron chi connectivity index (χ0n) is 13.0. The first-order valence-electron chi connectivity index (χ1n) is 7.02. The molecule has 0 bridgehead atoms. The van der Waals surface area contributed by atoms with Gasteiger partial charge in [-0.3, -0.25) is 4.79 Å². The van der Waals surface area contributed by atoms with Gasteiger partial charge in [0.15, 0.2) is 0 Å². The zero-order chi connectivity index (χ0) is 14.3. The van der Waals surface area contributed by atoms with Crippen molar-refractivity contribution in [3.63, 3.8) is 0 Å². The quantitative estimate of drug-likeness (QED) is 0.718. The molecule has 4 heteroatoms. The van der Waals surface area contributed by atoms with Crippen molar-refractivity contribution in [1.82, 2.24) is 9.80 Å². The van der Waals surface area contributed by atoms with Crippen LogP contribution in [-0.4, -0.2) is 54.0 Å². The Hall–Kier alpha value is -0.610. The maximum Gasteiger partial charge on any atom is 0.242 e.